The van der Waals surface area contributed by atoms with Crippen molar-refractivity contribution in [2.24, 2.45) is 4.40 Å². The lowest BCUT2D eigenvalue weighted by molar-refractivity contribution is -0.215. The Bertz CT molecular complexity index is 1160. The fraction of sp³-hybridized carbons (Fsp3) is 0.158. The topological polar surface area (TPSA) is 87.4 Å². The number of hydrogen-bond acceptors (Lipinski definition) is 4. The van der Waals surface area contributed by atoms with Crippen molar-refractivity contribution in [2.45, 2.75) is 24.9 Å². The normalized spacial score (nSPS) is 12.9. The number of alkyl halides is 3. The molecule has 0 bridgehead atoms. The Morgan fingerprint density at radius 1 is 1.07 bits per heavy atom. The first kappa shape index (κ1) is 20.6. The predicted molar refractivity (Wildman–Crippen MR) is 99.0 cm³/mol. The summed E-state index contributed by atoms with van der Waals surface area (Å²) in [6, 6.07) is 12.7. The molecule has 0 aliphatic rings. The van der Waals surface area contributed by atoms with Crippen molar-refractivity contribution in [3.05, 3.63) is 65.9 Å². The first-order valence-corrected chi connectivity index (χ1v) is 9.75. The van der Waals surface area contributed by atoms with Crippen molar-refractivity contribution in [3.8, 4) is 16.9 Å². The van der Waals surface area contributed by atoms with E-state index in [1.807, 2.05) is 6.92 Å². The second-order valence-electron chi connectivity index (χ2n) is 6.27. The molecule has 29 heavy (non-hydrogen) atoms. The molecular weight excluding hydrogens is 407 g/mol. The van der Waals surface area contributed by atoms with Gasteiger partial charge in [-0.1, -0.05) is 29.8 Å². The first-order valence-electron chi connectivity index (χ1n) is 8.31. The maximum Gasteiger partial charge on any atom is 0.435 e. The molecule has 0 unspecified atom stereocenters. The molecule has 0 N–H and O–H groups in total. The van der Waals surface area contributed by atoms with Crippen LogP contribution in [-0.4, -0.2) is 24.1 Å². The van der Waals surface area contributed by atoms with Gasteiger partial charge in [-0.3, -0.25) is 0 Å². The lowest BCUT2D eigenvalue weighted by Crippen LogP contribution is -2.15. The Labute approximate surface area is 165 Å². The molecule has 152 valence electrons. The fourth-order valence-electron chi connectivity index (χ4n) is 2.63. The van der Waals surface area contributed by atoms with Crippen LogP contribution in [0.5, 0.6) is 0 Å². The van der Waals surface area contributed by atoms with Gasteiger partial charge in [0.2, 0.25) is 0 Å². The number of halogens is 3. The smallest absolute Gasteiger partial charge is 0.435 e. The highest BCUT2D eigenvalue weighted by molar-refractivity contribution is 7.90. The van der Waals surface area contributed by atoms with Crippen LogP contribution in [0.25, 0.3) is 16.9 Å². The molecule has 0 fully saturated rings. The van der Waals surface area contributed by atoms with Gasteiger partial charge in [-0.05, 0) is 50.1 Å². The van der Waals surface area contributed by atoms with Crippen LogP contribution in [0.3, 0.4) is 0 Å². The summed E-state index contributed by atoms with van der Waals surface area (Å²) in [7, 11) is -4.18. The van der Waals surface area contributed by atoms with E-state index in [2.05, 4.69) is 9.50 Å². The highest BCUT2D eigenvalue weighted by atomic mass is 32.2. The summed E-state index contributed by atoms with van der Waals surface area (Å²) in [6.07, 6.45) is -4.64. The molecule has 0 saturated heterocycles. The van der Waals surface area contributed by atoms with E-state index in [1.165, 1.54) is 12.1 Å². The van der Waals surface area contributed by atoms with E-state index in [1.54, 1.807) is 24.3 Å². The third kappa shape index (κ3) is 4.48. The van der Waals surface area contributed by atoms with Gasteiger partial charge in [0.05, 0.1) is 16.3 Å². The number of hydrogen-bond donors (Lipinski definition) is 0. The van der Waals surface area contributed by atoms with E-state index < -0.39 is 27.8 Å². The van der Waals surface area contributed by atoms with Crippen molar-refractivity contribution in [3.63, 3.8) is 0 Å². The Kier molecular flexibility index (Phi) is 5.22. The molecule has 0 amide bonds. The van der Waals surface area contributed by atoms with Gasteiger partial charge in [0, 0.05) is 5.56 Å². The number of rotatable bonds is 4. The van der Waals surface area contributed by atoms with Crippen molar-refractivity contribution in [1.29, 1.82) is 0 Å². The van der Waals surface area contributed by atoms with E-state index in [-0.39, 0.29) is 16.3 Å². The highest BCUT2D eigenvalue weighted by Gasteiger charge is 2.35. The summed E-state index contributed by atoms with van der Waals surface area (Å²) in [5.41, 5.74) is 0.803. The molecule has 0 saturated carbocycles. The molecule has 10 heteroatoms. The summed E-state index contributed by atoms with van der Waals surface area (Å²) in [6.45, 7) is 2.86. The van der Waals surface area contributed by atoms with E-state index in [4.69, 9.17) is 0 Å². The minimum Gasteiger partial charge on any atom is -0.861 e. The molecular formula is C19H15F3N3O3S-. The van der Waals surface area contributed by atoms with Crippen LogP contribution in [0.4, 0.5) is 13.2 Å². The van der Waals surface area contributed by atoms with Gasteiger partial charge in [0.25, 0.3) is 10.0 Å². The number of aryl methyl sites for hydroxylation is 1. The van der Waals surface area contributed by atoms with E-state index in [0.29, 0.717) is 5.56 Å². The minimum absolute atomic E-state index is 0.196. The number of sulfonamides is 1. The number of benzene rings is 2. The average Bonchev–Trinajstić information content (AvgIpc) is 3.07. The van der Waals surface area contributed by atoms with Gasteiger partial charge in [-0.15, -0.1) is 0 Å². The Morgan fingerprint density at radius 3 is 2.17 bits per heavy atom. The molecule has 3 aromatic rings. The molecule has 2 aromatic carbocycles. The van der Waals surface area contributed by atoms with Gasteiger partial charge >= 0.3 is 6.18 Å². The third-order valence-corrected chi connectivity index (χ3v) is 5.34. The highest BCUT2D eigenvalue weighted by Crippen LogP contribution is 2.33. The fourth-order valence-corrected chi connectivity index (χ4v) is 3.55. The summed E-state index contributed by atoms with van der Waals surface area (Å²) < 4.78 is 67.8. The van der Waals surface area contributed by atoms with Gasteiger partial charge in [-0.25, -0.2) is 4.68 Å². The monoisotopic (exact) mass is 422 g/mol. The Hall–Kier alpha value is -3.14. The van der Waals surface area contributed by atoms with Crippen molar-refractivity contribution < 1.29 is 26.7 Å². The zero-order chi connectivity index (χ0) is 21.4. The predicted octanol–water partition coefficient (Wildman–Crippen LogP) is 3.33. The molecule has 0 atom stereocenters. The quantitative estimate of drug-likeness (QED) is 0.477. The van der Waals surface area contributed by atoms with Crippen LogP contribution in [0, 0.1) is 6.92 Å². The second kappa shape index (κ2) is 7.36. The zero-order valence-electron chi connectivity index (χ0n) is 15.3. The molecule has 1 aromatic heterocycles. The molecule has 0 radical (unpaired) electrons. The van der Waals surface area contributed by atoms with Crippen LogP contribution in [0.2, 0.25) is 0 Å². The first-order chi connectivity index (χ1) is 13.5. The maximum absolute atomic E-state index is 13.2. The van der Waals surface area contributed by atoms with Gasteiger partial charge in [0.15, 0.2) is 5.69 Å². The standard InChI is InChI=1S/C19H16F3N3O3S/c1-12-3-5-14(6-4-12)17-11-18(19(20,21)22)23-25(17)15-7-9-16(10-8-15)29(27,28)24-13(2)26/h3-11H,1-2H3,(H,24,26)/p-1. The van der Waals surface area contributed by atoms with Gasteiger partial charge in [0.1, 0.15) is 0 Å². The number of nitrogens with zero attached hydrogens (tertiary/aromatic N) is 3. The zero-order valence-corrected chi connectivity index (χ0v) is 16.1. The molecule has 0 aliphatic carbocycles. The second-order valence-corrected chi connectivity index (χ2v) is 7.87. The number of aromatic nitrogens is 2. The SMILES string of the molecule is C/C([O-])=N/S(=O)(=O)c1ccc(-n2nc(C(F)(F)F)cc2-c2ccc(C)cc2)cc1. The van der Waals surface area contributed by atoms with E-state index in [0.717, 1.165) is 35.4 Å². The lowest BCUT2D eigenvalue weighted by atomic mass is 10.1. The van der Waals surface area contributed by atoms with Crippen LogP contribution in [0.1, 0.15) is 18.2 Å². The van der Waals surface area contributed by atoms with Crippen molar-refractivity contribution >= 4 is 15.9 Å². The van der Waals surface area contributed by atoms with Crippen molar-refractivity contribution in [1.82, 2.24) is 9.78 Å². The average molecular weight is 422 g/mol. The molecule has 1 heterocycles. The third-order valence-electron chi connectivity index (χ3n) is 3.98. The molecule has 0 aliphatic heterocycles. The van der Waals surface area contributed by atoms with Crippen molar-refractivity contribution in [2.75, 3.05) is 0 Å². The molecule has 3 rings (SSSR count). The largest absolute Gasteiger partial charge is 0.861 e. The molecule has 0 spiro atoms. The van der Waals surface area contributed by atoms with Crippen LogP contribution >= 0.6 is 0 Å². The van der Waals surface area contributed by atoms with E-state index in [9.17, 15) is 26.7 Å². The lowest BCUT2D eigenvalue weighted by Gasteiger charge is -2.09. The summed E-state index contributed by atoms with van der Waals surface area (Å²) in [5, 5.41) is 14.6. The molecule has 6 nitrogen and oxygen atoms in total. The van der Waals surface area contributed by atoms with Crippen LogP contribution in [0.15, 0.2) is 63.9 Å². The van der Waals surface area contributed by atoms with Crippen LogP contribution in [-0.2, 0) is 16.2 Å². The Morgan fingerprint density at radius 2 is 1.66 bits per heavy atom. The Balaban J connectivity index is 2.11. The van der Waals surface area contributed by atoms with E-state index >= 15 is 0 Å². The summed E-state index contributed by atoms with van der Waals surface area (Å²) >= 11 is 0. The summed E-state index contributed by atoms with van der Waals surface area (Å²) in [4.78, 5) is -0.253. The maximum atomic E-state index is 13.2. The van der Waals surface area contributed by atoms with Gasteiger partial charge in [-0.2, -0.15) is 31.1 Å². The van der Waals surface area contributed by atoms with Gasteiger partial charge < -0.3 is 5.11 Å². The van der Waals surface area contributed by atoms with Crippen LogP contribution < -0.4 is 5.11 Å². The minimum atomic E-state index is -4.64. The summed E-state index contributed by atoms with van der Waals surface area (Å²) in [5.74, 6) is -0.877.